The van der Waals surface area contributed by atoms with Crippen molar-refractivity contribution in [3.63, 3.8) is 0 Å². The van der Waals surface area contributed by atoms with E-state index in [2.05, 4.69) is 5.32 Å². The molecule has 1 aromatic carbocycles. The lowest BCUT2D eigenvalue weighted by molar-refractivity contribution is -0.0175. The van der Waals surface area contributed by atoms with Gasteiger partial charge in [0, 0.05) is 30.8 Å². The summed E-state index contributed by atoms with van der Waals surface area (Å²) in [6.07, 6.45) is 0.494. The number of benzene rings is 1. The van der Waals surface area contributed by atoms with Crippen LogP contribution in [0.1, 0.15) is 30.6 Å². The second kappa shape index (κ2) is 5.08. The first-order valence-corrected chi connectivity index (χ1v) is 6.20. The third kappa shape index (κ3) is 2.71. The summed E-state index contributed by atoms with van der Waals surface area (Å²) in [7, 11) is 0. The second-order valence-corrected chi connectivity index (χ2v) is 4.85. The van der Waals surface area contributed by atoms with Crippen molar-refractivity contribution in [2.45, 2.75) is 32.0 Å². The smallest absolute Gasteiger partial charge is 0.159 e. The van der Waals surface area contributed by atoms with Crippen molar-refractivity contribution in [2.75, 3.05) is 18.5 Å². The molecule has 0 bridgehead atoms. The zero-order valence-corrected chi connectivity index (χ0v) is 10.8. The molecule has 0 amide bonds. The molecule has 2 atom stereocenters. The molecule has 1 saturated heterocycles. The first-order valence-electron chi connectivity index (χ1n) is 6.20. The van der Waals surface area contributed by atoms with Gasteiger partial charge in [-0.1, -0.05) is 0 Å². The highest BCUT2D eigenvalue weighted by molar-refractivity contribution is 5.94. The van der Waals surface area contributed by atoms with Crippen molar-refractivity contribution in [2.24, 2.45) is 0 Å². The van der Waals surface area contributed by atoms with Crippen LogP contribution in [0.25, 0.3) is 0 Å². The summed E-state index contributed by atoms with van der Waals surface area (Å²) in [5.41, 5.74) is 0.781. The van der Waals surface area contributed by atoms with Gasteiger partial charge in [-0.25, -0.2) is 0 Å². The first kappa shape index (κ1) is 13.1. The fourth-order valence-corrected chi connectivity index (χ4v) is 2.08. The molecule has 4 heteroatoms. The minimum absolute atomic E-state index is 0.0537. The fourth-order valence-electron chi connectivity index (χ4n) is 2.08. The normalized spacial score (nSPS) is 27.2. The van der Waals surface area contributed by atoms with Gasteiger partial charge in [-0.3, -0.25) is 4.79 Å². The molecule has 0 spiro atoms. The van der Waals surface area contributed by atoms with Gasteiger partial charge >= 0.3 is 0 Å². The molecule has 2 rings (SSSR count). The van der Waals surface area contributed by atoms with Gasteiger partial charge in [-0.15, -0.1) is 0 Å². The summed E-state index contributed by atoms with van der Waals surface area (Å²) in [6.45, 7) is 4.48. The molecule has 0 aromatic heterocycles. The Balaban J connectivity index is 1.96. The largest absolute Gasteiger partial charge is 0.385 e. The van der Waals surface area contributed by atoms with Gasteiger partial charge in [0.05, 0.1) is 6.10 Å². The molecule has 1 heterocycles. The number of ether oxygens (including phenoxy) is 1. The van der Waals surface area contributed by atoms with E-state index in [4.69, 9.17) is 4.74 Å². The molecule has 1 aliphatic rings. The van der Waals surface area contributed by atoms with Crippen molar-refractivity contribution >= 4 is 11.5 Å². The average molecular weight is 249 g/mol. The fraction of sp³-hybridized carbons (Fsp3) is 0.500. The Labute approximate surface area is 107 Å². The van der Waals surface area contributed by atoms with Crippen LogP contribution in [0.15, 0.2) is 24.3 Å². The minimum Gasteiger partial charge on any atom is -0.385 e. The van der Waals surface area contributed by atoms with Crippen molar-refractivity contribution in [3.8, 4) is 0 Å². The molecule has 1 aromatic rings. The maximum atomic E-state index is 11.1. The Bertz CT molecular complexity index is 429. The minimum atomic E-state index is -0.806. The number of nitrogens with one attached hydrogen (secondary N) is 1. The molecule has 1 fully saturated rings. The predicted molar refractivity (Wildman–Crippen MR) is 69.9 cm³/mol. The number of rotatable bonds is 4. The van der Waals surface area contributed by atoms with Crippen LogP contribution >= 0.6 is 0 Å². The van der Waals surface area contributed by atoms with E-state index in [-0.39, 0.29) is 11.9 Å². The van der Waals surface area contributed by atoms with Crippen LogP contribution in [0.3, 0.4) is 0 Å². The van der Waals surface area contributed by atoms with Gasteiger partial charge < -0.3 is 15.2 Å². The average Bonchev–Trinajstić information content (AvgIpc) is 2.68. The Hall–Kier alpha value is -1.39. The zero-order chi connectivity index (χ0) is 13.2. The predicted octanol–water partition coefficient (Wildman–Crippen LogP) is 1.84. The number of aliphatic hydroxyl groups is 1. The molecule has 0 aliphatic carbocycles. The topological polar surface area (TPSA) is 58.6 Å². The number of hydrogen-bond acceptors (Lipinski definition) is 4. The molecule has 1 aliphatic heterocycles. The number of hydrogen-bond donors (Lipinski definition) is 2. The van der Waals surface area contributed by atoms with Crippen LogP contribution < -0.4 is 5.32 Å². The van der Waals surface area contributed by atoms with Crippen LogP contribution in [0.4, 0.5) is 5.69 Å². The summed E-state index contributed by atoms with van der Waals surface area (Å²) in [5.74, 6) is 0.0537. The quantitative estimate of drug-likeness (QED) is 0.799. The number of anilines is 1. The highest BCUT2D eigenvalue weighted by atomic mass is 16.5. The first-order chi connectivity index (χ1) is 8.51. The summed E-state index contributed by atoms with van der Waals surface area (Å²) < 4.78 is 5.37. The van der Waals surface area contributed by atoms with Crippen LogP contribution in [-0.2, 0) is 4.74 Å². The Morgan fingerprint density at radius 3 is 2.67 bits per heavy atom. The van der Waals surface area contributed by atoms with E-state index >= 15 is 0 Å². The molecular weight excluding hydrogens is 230 g/mol. The molecular formula is C14H19NO3. The van der Waals surface area contributed by atoms with Crippen molar-refractivity contribution in [3.05, 3.63) is 29.8 Å². The van der Waals surface area contributed by atoms with Crippen LogP contribution in [0, 0.1) is 0 Å². The highest BCUT2D eigenvalue weighted by Gasteiger charge is 2.39. The monoisotopic (exact) mass is 249 g/mol. The lowest BCUT2D eigenvalue weighted by Gasteiger charge is -2.26. The van der Waals surface area contributed by atoms with E-state index in [1.54, 1.807) is 19.1 Å². The van der Waals surface area contributed by atoms with Gasteiger partial charge in [0.25, 0.3) is 0 Å². The van der Waals surface area contributed by atoms with E-state index in [9.17, 15) is 9.90 Å². The number of carbonyl (C=O) groups excluding carboxylic acids is 1. The molecule has 98 valence electrons. The molecule has 2 unspecified atom stereocenters. The molecule has 18 heavy (non-hydrogen) atoms. The molecule has 2 N–H and O–H groups in total. The number of Topliss-reactive ketones (excluding diaryl/α,β-unsaturated/α-hetero) is 1. The lowest BCUT2D eigenvalue weighted by Crippen LogP contribution is -2.43. The van der Waals surface area contributed by atoms with E-state index in [1.165, 1.54) is 0 Å². The Kier molecular flexibility index (Phi) is 3.68. The van der Waals surface area contributed by atoms with Gasteiger partial charge in [-0.2, -0.15) is 0 Å². The zero-order valence-electron chi connectivity index (χ0n) is 10.8. The highest BCUT2D eigenvalue weighted by Crippen LogP contribution is 2.26. The summed E-state index contributed by atoms with van der Waals surface area (Å²) in [5, 5.41) is 13.5. The van der Waals surface area contributed by atoms with Crippen LogP contribution in [0.2, 0.25) is 0 Å². The maximum Gasteiger partial charge on any atom is 0.159 e. The standard InChI is InChI=1S/C14H19NO3/c1-10(16)12-3-5-13(6-4-12)15-9-14(17)7-8-18-11(14)2/h3-6,11,15,17H,7-9H2,1-2H3. The lowest BCUT2D eigenvalue weighted by atomic mass is 9.96. The molecule has 0 saturated carbocycles. The van der Waals surface area contributed by atoms with Crippen LogP contribution in [0.5, 0.6) is 0 Å². The van der Waals surface area contributed by atoms with Crippen molar-refractivity contribution < 1.29 is 14.6 Å². The Morgan fingerprint density at radius 2 is 2.17 bits per heavy atom. The number of carbonyl (C=O) groups is 1. The van der Waals surface area contributed by atoms with Crippen molar-refractivity contribution in [1.82, 2.24) is 0 Å². The van der Waals surface area contributed by atoms with Gasteiger partial charge in [0.1, 0.15) is 5.60 Å². The van der Waals surface area contributed by atoms with E-state index in [1.807, 2.05) is 19.1 Å². The maximum absolute atomic E-state index is 11.1. The van der Waals surface area contributed by atoms with Crippen LogP contribution in [-0.4, -0.2) is 35.7 Å². The third-order valence-corrected chi connectivity index (χ3v) is 3.55. The van der Waals surface area contributed by atoms with E-state index in [0.717, 1.165) is 5.69 Å². The SMILES string of the molecule is CC(=O)c1ccc(NCC2(O)CCOC2C)cc1. The summed E-state index contributed by atoms with van der Waals surface area (Å²) in [6, 6.07) is 7.26. The van der Waals surface area contributed by atoms with Gasteiger partial charge in [0.15, 0.2) is 5.78 Å². The van der Waals surface area contributed by atoms with Gasteiger partial charge in [0.2, 0.25) is 0 Å². The van der Waals surface area contributed by atoms with Gasteiger partial charge in [-0.05, 0) is 38.1 Å². The Morgan fingerprint density at radius 1 is 1.50 bits per heavy atom. The van der Waals surface area contributed by atoms with E-state index < -0.39 is 5.60 Å². The molecule has 4 nitrogen and oxygen atoms in total. The summed E-state index contributed by atoms with van der Waals surface area (Å²) >= 11 is 0. The second-order valence-electron chi connectivity index (χ2n) is 4.85. The number of ketones is 1. The van der Waals surface area contributed by atoms with E-state index in [0.29, 0.717) is 25.1 Å². The third-order valence-electron chi connectivity index (χ3n) is 3.55. The summed E-state index contributed by atoms with van der Waals surface area (Å²) in [4.78, 5) is 11.1. The van der Waals surface area contributed by atoms with Crippen molar-refractivity contribution in [1.29, 1.82) is 0 Å². The molecule has 0 radical (unpaired) electrons.